The Morgan fingerprint density at radius 3 is 2.76 bits per heavy atom. The number of nitrogens with one attached hydrogen (secondary N) is 1. The normalized spacial score (nSPS) is 10.6. The highest BCUT2D eigenvalue weighted by atomic mass is 35.5. The van der Waals surface area contributed by atoms with E-state index in [1.165, 1.54) is 29.4 Å². The number of carbonyl (C=O) groups excluding carboxylic acids is 1. The summed E-state index contributed by atoms with van der Waals surface area (Å²) in [5.41, 5.74) is 2.97. The molecule has 0 aliphatic heterocycles. The van der Waals surface area contributed by atoms with Crippen LogP contribution in [-0.4, -0.2) is 21.6 Å². The first-order chi connectivity index (χ1) is 14.2. The summed E-state index contributed by atoms with van der Waals surface area (Å²) >= 11 is 8.88. The van der Waals surface area contributed by atoms with Crippen molar-refractivity contribution in [1.29, 1.82) is 5.26 Å². The van der Waals surface area contributed by atoms with E-state index >= 15 is 0 Å². The number of anilines is 1. The smallest absolute Gasteiger partial charge is 0.234 e. The molecule has 4 aromatic rings. The average molecular weight is 437 g/mol. The van der Waals surface area contributed by atoms with Gasteiger partial charge in [0.25, 0.3) is 0 Å². The number of nitrogens with zero attached hydrogens (tertiary/aromatic N) is 3. The number of halogens is 1. The number of rotatable bonds is 5. The van der Waals surface area contributed by atoms with Crippen molar-refractivity contribution in [2.75, 3.05) is 11.1 Å². The summed E-state index contributed by atoms with van der Waals surface area (Å²) in [7, 11) is 0. The van der Waals surface area contributed by atoms with Crippen LogP contribution >= 0.6 is 34.7 Å². The zero-order chi connectivity index (χ0) is 20.2. The van der Waals surface area contributed by atoms with E-state index in [1.54, 1.807) is 24.3 Å². The number of thiophene rings is 1. The quantitative estimate of drug-likeness (QED) is 0.324. The van der Waals surface area contributed by atoms with Gasteiger partial charge in [-0.2, -0.15) is 5.26 Å². The molecule has 0 unspecified atom stereocenters. The Bertz CT molecular complexity index is 1230. The van der Waals surface area contributed by atoms with Crippen LogP contribution in [-0.2, 0) is 4.79 Å². The van der Waals surface area contributed by atoms with Crippen molar-refractivity contribution in [2.45, 2.75) is 5.03 Å². The highest BCUT2D eigenvalue weighted by Gasteiger charge is 2.15. The van der Waals surface area contributed by atoms with Crippen LogP contribution in [0.5, 0.6) is 0 Å². The van der Waals surface area contributed by atoms with Crippen LogP contribution in [0.4, 0.5) is 5.69 Å². The fourth-order valence-electron chi connectivity index (χ4n) is 2.81. The molecule has 8 heteroatoms. The lowest BCUT2D eigenvalue weighted by Crippen LogP contribution is -2.15. The lowest BCUT2D eigenvalue weighted by Gasteiger charge is -2.08. The van der Waals surface area contributed by atoms with E-state index in [-0.39, 0.29) is 11.7 Å². The molecule has 142 valence electrons. The van der Waals surface area contributed by atoms with Gasteiger partial charge in [0.2, 0.25) is 5.91 Å². The highest BCUT2D eigenvalue weighted by Crippen LogP contribution is 2.38. The fourth-order valence-corrected chi connectivity index (χ4v) is 4.73. The molecule has 0 aliphatic carbocycles. The number of amides is 1. The van der Waals surface area contributed by atoms with Crippen LogP contribution in [0.25, 0.3) is 21.3 Å². The maximum absolute atomic E-state index is 12.4. The number of nitriles is 1. The number of aromatic nitrogens is 2. The Kier molecular flexibility index (Phi) is 5.76. The van der Waals surface area contributed by atoms with Crippen LogP contribution < -0.4 is 5.32 Å². The van der Waals surface area contributed by atoms with E-state index in [9.17, 15) is 4.79 Å². The van der Waals surface area contributed by atoms with E-state index in [2.05, 4.69) is 21.4 Å². The van der Waals surface area contributed by atoms with Gasteiger partial charge in [-0.05, 0) is 29.8 Å². The first kappa shape index (κ1) is 19.4. The minimum absolute atomic E-state index is 0.168. The van der Waals surface area contributed by atoms with Crippen molar-refractivity contribution in [3.8, 4) is 17.2 Å². The summed E-state index contributed by atoms with van der Waals surface area (Å²) in [4.78, 5) is 22.0. The third kappa shape index (κ3) is 4.25. The molecule has 5 nitrogen and oxygen atoms in total. The van der Waals surface area contributed by atoms with E-state index < -0.39 is 0 Å². The van der Waals surface area contributed by atoms with Crippen molar-refractivity contribution in [1.82, 2.24) is 9.97 Å². The molecular weight excluding hydrogens is 424 g/mol. The van der Waals surface area contributed by atoms with Crippen LogP contribution in [0.1, 0.15) is 5.56 Å². The Morgan fingerprint density at radius 1 is 1.17 bits per heavy atom. The summed E-state index contributed by atoms with van der Waals surface area (Å²) in [6.07, 6.45) is 1.51. The summed E-state index contributed by atoms with van der Waals surface area (Å²) in [5, 5.41) is 16.3. The van der Waals surface area contributed by atoms with Gasteiger partial charge in [-0.15, -0.1) is 11.3 Å². The van der Waals surface area contributed by atoms with E-state index in [0.717, 1.165) is 26.4 Å². The maximum Gasteiger partial charge on any atom is 0.234 e. The van der Waals surface area contributed by atoms with Crippen LogP contribution in [0.3, 0.4) is 0 Å². The Labute approximate surface area is 180 Å². The zero-order valence-corrected chi connectivity index (χ0v) is 17.3. The molecule has 0 saturated heterocycles. The second kappa shape index (κ2) is 8.62. The van der Waals surface area contributed by atoms with Gasteiger partial charge in [-0.25, -0.2) is 9.97 Å². The summed E-state index contributed by atoms with van der Waals surface area (Å²) in [6, 6.07) is 16.6. The highest BCUT2D eigenvalue weighted by molar-refractivity contribution is 8.00. The molecule has 0 atom stereocenters. The van der Waals surface area contributed by atoms with Crippen LogP contribution in [0.15, 0.2) is 65.3 Å². The first-order valence-corrected chi connectivity index (χ1v) is 10.8. The van der Waals surface area contributed by atoms with Crippen molar-refractivity contribution in [3.05, 3.63) is 70.8 Å². The number of para-hydroxylation sites is 1. The maximum atomic E-state index is 12.4. The first-order valence-electron chi connectivity index (χ1n) is 8.55. The Balaban J connectivity index is 1.57. The molecule has 0 aliphatic rings. The number of fused-ring (bicyclic) bond motifs is 1. The number of hydrogen-bond acceptors (Lipinski definition) is 6. The van der Waals surface area contributed by atoms with Gasteiger partial charge in [-0.3, -0.25) is 4.79 Å². The van der Waals surface area contributed by atoms with Gasteiger partial charge in [0.05, 0.1) is 22.4 Å². The minimum atomic E-state index is -0.201. The van der Waals surface area contributed by atoms with Gasteiger partial charge < -0.3 is 5.32 Å². The number of hydrogen-bond donors (Lipinski definition) is 1. The van der Waals surface area contributed by atoms with Crippen LogP contribution in [0, 0.1) is 11.3 Å². The molecule has 0 spiro atoms. The van der Waals surface area contributed by atoms with Crippen molar-refractivity contribution in [3.63, 3.8) is 0 Å². The average Bonchev–Trinajstić information content (AvgIpc) is 3.18. The lowest BCUT2D eigenvalue weighted by molar-refractivity contribution is -0.113. The molecule has 4 rings (SSSR count). The van der Waals surface area contributed by atoms with Crippen molar-refractivity contribution < 1.29 is 4.79 Å². The number of benzene rings is 2. The molecule has 0 radical (unpaired) electrons. The topological polar surface area (TPSA) is 78.7 Å². The van der Waals surface area contributed by atoms with Gasteiger partial charge in [-0.1, -0.05) is 47.6 Å². The standard InChI is InChI=1S/C21H13ClN4OS2/c22-15-7-5-13(6-8-15)16-10-28-20-19(16)21(25-12-24-20)29-11-18(27)26-17-4-2-1-3-14(17)9-23/h1-8,10,12H,11H2,(H,26,27). The number of carbonyl (C=O) groups is 1. The van der Waals surface area contributed by atoms with Crippen LogP contribution in [0.2, 0.25) is 5.02 Å². The van der Waals surface area contributed by atoms with E-state index in [0.29, 0.717) is 16.3 Å². The zero-order valence-electron chi connectivity index (χ0n) is 14.9. The molecule has 2 aromatic heterocycles. The molecule has 1 N–H and O–H groups in total. The fraction of sp³-hybridized carbons (Fsp3) is 0.0476. The van der Waals surface area contributed by atoms with Crippen molar-refractivity contribution >= 4 is 56.5 Å². The summed E-state index contributed by atoms with van der Waals surface area (Å²) in [6.45, 7) is 0. The SMILES string of the molecule is N#Cc1ccccc1NC(=O)CSc1ncnc2scc(-c3ccc(Cl)cc3)c12. The Hall–Kier alpha value is -2.92. The molecule has 0 bridgehead atoms. The van der Waals surface area contributed by atoms with Gasteiger partial charge in [0, 0.05) is 16.0 Å². The predicted molar refractivity (Wildman–Crippen MR) is 118 cm³/mol. The predicted octanol–water partition coefficient (Wildman–Crippen LogP) is 5.61. The molecule has 2 aromatic carbocycles. The minimum Gasteiger partial charge on any atom is -0.324 e. The molecule has 0 fully saturated rings. The molecule has 1 amide bonds. The van der Waals surface area contributed by atoms with Gasteiger partial charge in [0.1, 0.15) is 22.3 Å². The second-order valence-electron chi connectivity index (χ2n) is 6.01. The van der Waals surface area contributed by atoms with Crippen molar-refractivity contribution in [2.24, 2.45) is 0 Å². The summed E-state index contributed by atoms with van der Waals surface area (Å²) in [5.74, 6) is -0.0327. The summed E-state index contributed by atoms with van der Waals surface area (Å²) < 4.78 is 0. The molecule has 2 heterocycles. The second-order valence-corrected chi connectivity index (χ2v) is 8.27. The lowest BCUT2D eigenvalue weighted by atomic mass is 10.1. The third-order valence-corrected chi connectivity index (χ3v) is 6.28. The Morgan fingerprint density at radius 2 is 1.97 bits per heavy atom. The molecular formula is C21H13ClN4OS2. The van der Waals surface area contributed by atoms with Gasteiger partial charge >= 0.3 is 0 Å². The van der Waals surface area contributed by atoms with E-state index in [1.807, 2.05) is 29.6 Å². The molecule has 29 heavy (non-hydrogen) atoms. The number of thioether (sulfide) groups is 1. The third-order valence-electron chi connectivity index (χ3n) is 4.15. The van der Waals surface area contributed by atoms with Gasteiger partial charge in [0.15, 0.2) is 0 Å². The van der Waals surface area contributed by atoms with E-state index in [4.69, 9.17) is 16.9 Å². The molecule has 0 saturated carbocycles. The monoisotopic (exact) mass is 436 g/mol. The largest absolute Gasteiger partial charge is 0.324 e.